The van der Waals surface area contributed by atoms with Gasteiger partial charge < -0.3 is 5.32 Å². The maximum atomic E-state index is 3.74. The van der Waals surface area contributed by atoms with Crippen LogP contribution in [0.15, 0.2) is 0 Å². The van der Waals surface area contributed by atoms with Crippen molar-refractivity contribution in [2.75, 3.05) is 6.54 Å². The Bertz CT molecular complexity index is 261. The fourth-order valence-electron chi connectivity index (χ4n) is 3.46. The van der Waals surface area contributed by atoms with Gasteiger partial charge in [-0.3, -0.25) is 0 Å². The highest BCUT2D eigenvalue weighted by Gasteiger charge is 2.35. The van der Waals surface area contributed by atoms with Gasteiger partial charge in [0.1, 0.15) is 0 Å². The van der Waals surface area contributed by atoms with Crippen LogP contribution in [0.4, 0.5) is 0 Å². The second-order valence-electron chi connectivity index (χ2n) is 8.81. The molecule has 0 spiro atoms. The van der Waals surface area contributed by atoms with Gasteiger partial charge in [-0.1, -0.05) is 34.1 Å². The molecule has 3 unspecified atom stereocenters. The summed E-state index contributed by atoms with van der Waals surface area (Å²) in [6, 6.07) is 0. The maximum absolute atomic E-state index is 3.74. The Labute approximate surface area is 121 Å². The molecule has 1 nitrogen and oxygen atoms in total. The minimum absolute atomic E-state index is 0.258. The zero-order chi connectivity index (χ0) is 14.7. The van der Waals surface area contributed by atoms with Crippen LogP contribution in [0.2, 0.25) is 0 Å². The molecule has 1 aliphatic rings. The van der Waals surface area contributed by atoms with Gasteiger partial charge in [0.15, 0.2) is 0 Å². The van der Waals surface area contributed by atoms with Crippen molar-refractivity contribution in [3.8, 4) is 0 Å². The van der Waals surface area contributed by atoms with Crippen molar-refractivity contribution in [3.63, 3.8) is 0 Å². The van der Waals surface area contributed by atoms with Crippen LogP contribution in [0.1, 0.15) is 80.6 Å². The van der Waals surface area contributed by atoms with E-state index in [1.54, 1.807) is 0 Å². The number of hydrogen-bond donors (Lipinski definition) is 1. The van der Waals surface area contributed by atoms with Crippen LogP contribution in [0.5, 0.6) is 0 Å². The first-order valence-electron chi connectivity index (χ1n) is 8.38. The lowest BCUT2D eigenvalue weighted by molar-refractivity contribution is 0.0941. The van der Waals surface area contributed by atoms with Crippen LogP contribution < -0.4 is 5.32 Å². The van der Waals surface area contributed by atoms with E-state index in [9.17, 15) is 0 Å². The molecule has 0 saturated heterocycles. The third kappa shape index (κ3) is 6.29. The molecule has 0 aromatic heterocycles. The third-order valence-electron chi connectivity index (χ3n) is 4.97. The minimum atomic E-state index is 0.258. The molecule has 0 radical (unpaired) electrons. The Balaban J connectivity index is 2.60. The van der Waals surface area contributed by atoms with Gasteiger partial charge in [0.25, 0.3) is 0 Å². The molecule has 0 aromatic carbocycles. The van der Waals surface area contributed by atoms with Crippen molar-refractivity contribution in [3.05, 3.63) is 0 Å². The van der Waals surface area contributed by atoms with Gasteiger partial charge in [0.05, 0.1) is 0 Å². The normalized spacial score (nSPS) is 29.2. The molecule has 1 aliphatic carbocycles. The van der Waals surface area contributed by atoms with Crippen LogP contribution in [-0.4, -0.2) is 12.1 Å². The lowest BCUT2D eigenvalue weighted by atomic mass is 9.65. The number of rotatable bonds is 5. The zero-order valence-corrected chi connectivity index (χ0v) is 14.5. The quantitative estimate of drug-likeness (QED) is 0.717. The topological polar surface area (TPSA) is 12.0 Å². The SMILES string of the molecule is CCC(C)CC1CC(C)(C)CCC1CNC(C)(C)C. The summed E-state index contributed by atoms with van der Waals surface area (Å²) in [6.07, 6.45) is 7.00. The Morgan fingerprint density at radius 3 is 2.37 bits per heavy atom. The van der Waals surface area contributed by atoms with Gasteiger partial charge in [-0.15, -0.1) is 0 Å². The molecule has 3 atom stereocenters. The summed E-state index contributed by atoms with van der Waals surface area (Å²) in [4.78, 5) is 0. The summed E-state index contributed by atoms with van der Waals surface area (Å²) in [5.41, 5.74) is 0.824. The zero-order valence-electron chi connectivity index (χ0n) is 14.5. The Morgan fingerprint density at radius 2 is 1.84 bits per heavy atom. The standard InChI is InChI=1S/C18H37N/c1-8-14(2)11-16-12-18(6,7)10-9-15(16)13-19-17(3,4)5/h14-16,19H,8-13H2,1-7H3. The van der Waals surface area contributed by atoms with Gasteiger partial charge in [-0.2, -0.15) is 0 Å². The monoisotopic (exact) mass is 267 g/mol. The Hall–Kier alpha value is -0.0400. The van der Waals surface area contributed by atoms with Crippen molar-refractivity contribution in [2.45, 2.75) is 86.1 Å². The fraction of sp³-hybridized carbons (Fsp3) is 1.00. The van der Waals surface area contributed by atoms with E-state index in [1.165, 1.54) is 38.6 Å². The molecule has 1 N–H and O–H groups in total. The maximum Gasteiger partial charge on any atom is 0.00966 e. The van der Waals surface area contributed by atoms with Crippen molar-refractivity contribution in [1.82, 2.24) is 5.32 Å². The fourth-order valence-corrected chi connectivity index (χ4v) is 3.46. The first-order chi connectivity index (χ1) is 8.63. The summed E-state index contributed by atoms with van der Waals surface area (Å²) in [6.45, 7) is 17.7. The predicted molar refractivity (Wildman–Crippen MR) is 86.4 cm³/mol. The van der Waals surface area contributed by atoms with Crippen molar-refractivity contribution >= 4 is 0 Å². The molecule has 19 heavy (non-hydrogen) atoms. The van der Waals surface area contributed by atoms with Crippen LogP contribution >= 0.6 is 0 Å². The molecule has 0 bridgehead atoms. The third-order valence-corrected chi connectivity index (χ3v) is 4.97. The lowest BCUT2D eigenvalue weighted by Gasteiger charge is -2.43. The highest BCUT2D eigenvalue weighted by Crippen LogP contribution is 2.44. The van der Waals surface area contributed by atoms with E-state index in [-0.39, 0.29) is 5.54 Å². The van der Waals surface area contributed by atoms with Crippen molar-refractivity contribution in [2.24, 2.45) is 23.2 Å². The van der Waals surface area contributed by atoms with Gasteiger partial charge in [0, 0.05) is 5.54 Å². The Morgan fingerprint density at radius 1 is 1.21 bits per heavy atom. The molecular formula is C18H37N. The van der Waals surface area contributed by atoms with Crippen LogP contribution in [0.3, 0.4) is 0 Å². The molecule has 0 aromatic rings. The first kappa shape index (κ1) is 17.0. The Kier molecular flexibility index (Phi) is 5.92. The summed E-state index contributed by atoms with van der Waals surface area (Å²) in [5.74, 6) is 2.70. The summed E-state index contributed by atoms with van der Waals surface area (Å²) < 4.78 is 0. The van der Waals surface area contributed by atoms with Gasteiger partial charge >= 0.3 is 0 Å². The van der Waals surface area contributed by atoms with Gasteiger partial charge in [-0.05, 0) is 76.2 Å². The second kappa shape index (κ2) is 6.61. The average molecular weight is 268 g/mol. The van der Waals surface area contributed by atoms with E-state index in [0.717, 1.165) is 17.8 Å². The molecule has 1 saturated carbocycles. The van der Waals surface area contributed by atoms with E-state index in [1.807, 2.05) is 0 Å². The largest absolute Gasteiger partial charge is 0.312 e. The van der Waals surface area contributed by atoms with Crippen LogP contribution in [0.25, 0.3) is 0 Å². The van der Waals surface area contributed by atoms with Crippen LogP contribution in [0, 0.1) is 23.2 Å². The molecule has 114 valence electrons. The average Bonchev–Trinajstić information content (AvgIpc) is 2.25. The van der Waals surface area contributed by atoms with Crippen molar-refractivity contribution < 1.29 is 0 Å². The molecule has 1 fully saturated rings. The van der Waals surface area contributed by atoms with E-state index in [0.29, 0.717) is 5.41 Å². The molecular weight excluding hydrogens is 230 g/mol. The molecule has 1 heteroatoms. The summed E-state index contributed by atoms with van der Waals surface area (Å²) in [5, 5.41) is 3.74. The number of nitrogens with one attached hydrogen (secondary N) is 1. The minimum Gasteiger partial charge on any atom is -0.312 e. The van der Waals surface area contributed by atoms with Crippen LogP contribution in [-0.2, 0) is 0 Å². The van der Waals surface area contributed by atoms with E-state index < -0.39 is 0 Å². The molecule has 1 rings (SSSR count). The molecule has 0 aliphatic heterocycles. The number of hydrogen-bond acceptors (Lipinski definition) is 1. The van der Waals surface area contributed by atoms with E-state index in [4.69, 9.17) is 0 Å². The van der Waals surface area contributed by atoms with E-state index >= 15 is 0 Å². The summed E-state index contributed by atoms with van der Waals surface area (Å²) in [7, 11) is 0. The highest BCUT2D eigenvalue weighted by atomic mass is 14.9. The molecule has 0 heterocycles. The first-order valence-corrected chi connectivity index (χ1v) is 8.38. The summed E-state index contributed by atoms with van der Waals surface area (Å²) >= 11 is 0. The smallest absolute Gasteiger partial charge is 0.00966 e. The van der Waals surface area contributed by atoms with Gasteiger partial charge in [-0.25, -0.2) is 0 Å². The van der Waals surface area contributed by atoms with E-state index in [2.05, 4.69) is 53.8 Å². The predicted octanol–water partition coefficient (Wildman–Crippen LogP) is 5.25. The lowest BCUT2D eigenvalue weighted by Crippen LogP contribution is -2.43. The highest BCUT2D eigenvalue weighted by molar-refractivity contribution is 4.87. The van der Waals surface area contributed by atoms with Crippen molar-refractivity contribution in [1.29, 1.82) is 0 Å². The molecule has 0 amide bonds. The second-order valence-corrected chi connectivity index (χ2v) is 8.81. The van der Waals surface area contributed by atoms with Gasteiger partial charge in [0.2, 0.25) is 0 Å².